The van der Waals surface area contributed by atoms with Gasteiger partial charge in [-0.15, -0.1) is 0 Å². The maximum absolute atomic E-state index is 13.0. The van der Waals surface area contributed by atoms with E-state index in [9.17, 15) is 9.59 Å². The van der Waals surface area contributed by atoms with Crippen LogP contribution in [-0.2, 0) is 14.3 Å². The van der Waals surface area contributed by atoms with Crippen LogP contribution in [0.1, 0.15) is 40.5 Å². The molecular formula is C15H26N2O4. The van der Waals surface area contributed by atoms with Crippen LogP contribution in [0.4, 0.5) is 0 Å². The van der Waals surface area contributed by atoms with E-state index in [0.717, 1.165) is 6.42 Å². The van der Waals surface area contributed by atoms with E-state index >= 15 is 0 Å². The van der Waals surface area contributed by atoms with Gasteiger partial charge in [-0.2, -0.15) is 0 Å². The molecule has 3 N–H and O–H groups in total. The van der Waals surface area contributed by atoms with E-state index < -0.39 is 16.9 Å². The predicted octanol–water partition coefficient (Wildman–Crippen LogP) is 0.841. The zero-order valence-electron chi connectivity index (χ0n) is 13.3. The van der Waals surface area contributed by atoms with Gasteiger partial charge in [0.1, 0.15) is 5.54 Å². The van der Waals surface area contributed by atoms with Gasteiger partial charge in [-0.25, -0.2) is 0 Å². The molecule has 2 aliphatic rings. The third-order valence-electron chi connectivity index (χ3n) is 5.26. The number of hydrogen-bond donors (Lipinski definition) is 2. The highest BCUT2D eigenvalue weighted by atomic mass is 16.5. The molecule has 0 aromatic heterocycles. The monoisotopic (exact) mass is 298 g/mol. The summed E-state index contributed by atoms with van der Waals surface area (Å²) >= 11 is 0. The Morgan fingerprint density at radius 1 is 1.43 bits per heavy atom. The molecular weight excluding hydrogens is 272 g/mol. The fraction of sp³-hybridized carbons (Fsp3) is 0.867. The standard InChI is InChI=1S/C15H26N2O4/c1-9(2)17(7-5-11(18)19)13(20)15(16)10-6-8-21-12(10)14(15,3)4/h9-10,12H,5-8,16H2,1-4H3,(H,18,19). The van der Waals surface area contributed by atoms with Crippen molar-refractivity contribution < 1.29 is 19.4 Å². The molecule has 1 aliphatic carbocycles. The molecule has 2 rings (SSSR count). The molecule has 0 aromatic carbocycles. The minimum atomic E-state index is -0.961. The Hall–Kier alpha value is -1.14. The fourth-order valence-corrected chi connectivity index (χ4v) is 3.87. The summed E-state index contributed by atoms with van der Waals surface area (Å²) in [6.45, 7) is 8.54. The van der Waals surface area contributed by atoms with Crippen LogP contribution in [0, 0.1) is 11.3 Å². The van der Waals surface area contributed by atoms with Gasteiger partial charge in [-0.3, -0.25) is 9.59 Å². The van der Waals surface area contributed by atoms with Crippen molar-refractivity contribution in [3.63, 3.8) is 0 Å². The van der Waals surface area contributed by atoms with Crippen molar-refractivity contribution in [2.75, 3.05) is 13.2 Å². The van der Waals surface area contributed by atoms with E-state index in [1.54, 1.807) is 4.90 Å². The van der Waals surface area contributed by atoms with Crippen LogP contribution in [-0.4, -0.2) is 52.7 Å². The first-order chi connectivity index (χ1) is 9.64. The number of amides is 1. The molecule has 120 valence electrons. The second-order valence-electron chi connectivity index (χ2n) is 7.01. The van der Waals surface area contributed by atoms with E-state index in [0.29, 0.717) is 6.61 Å². The van der Waals surface area contributed by atoms with E-state index in [2.05, 4.69) is 0 Å². The van der Waals surface area contributed by atoms with Crippen molar-refractivity contribution in [3.8, 4) is 0 Å². The number of fused-ring (bicyclic) bond motifs is 1. The SMILES string of the molecule is CC(C)N(CCC(=O)O)C(=O)C1(N)C2CCOC2C1(C)C. The number of carboxylic acid groups (broad SMARTS) is 1. The lowest BCUT2D eigenvalue weighted by atomic mass is 9.47. The Bertz CT molecular complexity index is 449. The van der Waals surface area contributed by atoms with Gasteiger partial charge in [0.2, 0.25) is 5.91 Å². The van der Waals surface area contributed by atoms with Crippen LogP contribution in [0.15, 0.2) is 0 Å². The van der Waals surface area contributed by atoms with Gasteiger partial charge in [0.15, 0.2) is 0 Å². The van der Waals surface area contributed by atoms with Crippen LogP contribution in [0.5, 0.6) is 0 Å². The maximum atomic E-state index is 13.0. The fourth-order valence-electron chi connectivity index (χ4n) is 3.87. The van der Waals surface area contributed by atoms with Crippen molar-refractivity contribution in [2.45, 2.75) is 58.2 Å². The molecule has 2 fully saturated rings. The number of carbonyl (C=O) groups is 2. The molecule has 6 nitrogen and oxygen atoms in total. The van der Waals surface area contributed by atoms with Crippen molar-refractivity contribution in [3.05, 3.63) is 0 Å². The van der Waals surface area contributed by atoms with Crippen LogP contribution in [0.3, 0.4) is 0 Å². The molecule has 0 spiro atoms. The topological polar surface area (TPSA) is 92.9 Å². The highest BCUT2D eigenvalue weighted by Crippen LogP contribution is 2.58. The summed E-state index contributed by atoms with van der Waals surface area (Å²) < 4.78 is 5.71. The van der Waals surface area contributed by atoms with E-state index in [1.807, 2.05) is 27.7 Å². The minimum Gasteiger partial charge on any atom is -0.481 e. The average molecular weight is 298 g/mol. The normalized spacial score (nSPS) is 33.4. The summed E-state index contributed by atoms with van der Waals surface area (Å²) in [4.78, 5) is 25.4. The third kappa shape index (κ3) is 2.25. The van der Waals surface area contributed by atoms with Crippen molar-refractivity contribution in [2.24, 2.45) is 17.1 Å². The Morgan fingerprint density at radius 3 is 2.57 bits per heavy atom. The maximum Gasteiger partial charge on any atom is 0.305 e. The molecule has 3 atom stereocenters. The highest BCUT2D eigenvalue weighted by molar-refractivity contribution is 5.90. The van der Waals surface area contributed by atoms with Gasteiger partial charge in [0.05, 0.1) is 12.5 Å². The number of nitrogens with two attached hydrogens (primary N) is 1. The van der Waals surface area contributed by atoms with Crippen LogP contribution in [0.2, 0.25) is 0 Å². The molecule has 1 heterocycles. The molecule has 1 saturated carbocycles. The lowest BCUT2D eigenvalue weighted by Crippen LogP contribution is -2.80. The summed E-state index contributed by atoms with van der Waals surface area (Å²) in [6, 6.07) is -0.0746. The lowest BCUT2D eigenvalue weighted by molar-refractivity contribution is -0.185. The predicted molar refractivity (Wildman–Crippen MR) is 77.6 cm³/mol. The Balaban J connectivity index is 2.21. The summed E-state index contributed by atoms with van der Waals surface area (Å²) in [5.41, 5.74) is 5.15. The largest absolute Gasteiger partial charge is 0.481 e. The zero-order chi connectivity index (χ0) is 16.0. The molecule has 3 unspecified atom stereocenters. The van der Waals surface area contributed by atoms with Crippen LogP contribution >= 0.6 is 0 Å². The number of rotatable bonds is 5. The van der Waals surface area contributed by atoms with E-state index in [1.165, 1.54) is 0 Å². The van der Waals surface area contributed by atoms with Crippen molar-refractivity contribution in [1.29, 1.82) is 0 Å². The second-order valence-corrected chi connectivity index (χ2v) is 7.01. The Labute approximate surface area is 125 Å². The van der Waals surface area contributed by atoms with Crippen LogP contribution < -0.4 is 5.73 Å². The number of aliphatic carboxylic acids is 1. The Morgan fingerprint density at radius 2 is 2.05 bits per heavy atom. The molecule has 0 radical (unpaired) electrons. The lowest BCUT2D eigenvalue weighted by Gasteiger charge is -2.62. The van der Waals surface area contributed by atoms with Gasteiger partial charge < -0.3 is 20.5 Å². The van der Waals surface area contributed by atoms with Crippen LogP contribution in [0.25, 0.3) is 0 Å². The number of carbonyl (C=O) groups excluding carboxylic acids is 1. The summed E-state index contributed by atoms with van der Waals surface area (Å²) in [6.07, 6.45) is 0.756. The van der Waals surface area contributed by atoms with Gasteiger partial charge in [-0.1, -0.05) is 13.8 Å². The van der Waals surface area contributed by atoms with Gasteiger partial charge in [0.25, 0.3) is 0 Å². The minimum absolute atomic E-state index is 0.0277. The molecule has 21 heavy (non-hydrogen) atoms. The van der Waals surface area contributed by atoms with Crippen molar-refractivity contribution >= 4 is 11.9 Å². The van der Waals surface area contributed by atoms with Gasteiger partial charge >= 0.3 is 5.97 Å². The van der Waals surface area contributed by atoms with E-state index in [4.69, 9.17) is 15.6 Å². The molecule has 1 amide bonds. The number of nitrogens with zero attached hydrogens (tertiary/aromatic N) is 1. The van der Waals surface area contributed by atoms with Gasteiger partial charge in [-0.05, 0) is 20.3 Å². The molecule has 6 heteroatoms. The first-order valence-corrected chi connectivity index (χ1v) is 7.57. The summed E-state index contributed by atoms with van der Waals surface area (Å²) in [7, 11) is 0. The second kappa shape index (κ2) is 5.25. The molecule has 1 saturated heterocycles. The molecule has 1 aliphatic heterocycles. The summed E-state index contributed by atoms with van der Waals surface area (Å²) in [5.74, 6) is -1.02. The first kappa shape index (κ1) is 16.2. The summed E-state index contributed by atoms with van der Waals surface area (Å²) in [5, 5.41) is 8.86. The number of carboxylic acids is 1. The first-order valence-electron chi connectivity index (χ1n) is 7.57. The Kier molecular flexibility index (Phi) is 4.06. The zero-order valence-corrected chi connectivity index (χ0v) is 13.3. The average Bonchev–Trinajstić information content (AvgIpc) is 2.84. The third-order valence-corrected chi connectivity index (χ3v) is 5.26. The number of hydrogen-bond acceptors (Lipinski definition) is 4. The quantitative estimate of drug-likeness (QED) is 0.784. The van der Waals surface area contributed by atoms with Gasteiger partial charge in [0, 0.05) is 30.5 Å². The van der Waals surface area contributed by atoms with E-state index in [-0.39, 0.29) is 36.9 Å². The highest BCUT2D eigenvalue weighted by Gasteiger charge is 2.72. The number of ether oxygens (including phenoxy) is 1. The molecule has 0 bridgehead atoms. The smallest absolute Gasteiger partial charge is 0.305 e. The van der Waals surface area contributed by atoms with Crippen molar-refractivity contribution in [1.82, 2.24) is 4.90 Å². The molecule has 0 aromatic rings.